The lowest BCUT2D eigenvalue weighted by molar-refractivity contribution is 0.275. The fourth-order valence-electron chi connectivity index (χ4n) is 0.760. The van der Waals surface area contributed by atoms with Crippen molar-refractivity contribution in [2.45, 2.75) is 26.3 Å². The molecule has 1 aromatic rings. The van der Waals surface area contributed by atoms with Gasteiger partial charge in [-0.25, -0.2) is 9.55 Å². The van der Waals surface area contributed by atoms with E-state index in [1.807, 2.05) is 18.7 Å². The van der Waals surface area contributed by atoms with E-state index in [0.717, 1.165) is 6.54 Å². The van der Waals surface area contributed by atoms with Gasteiger partial charge in [0.1, 0.15) is 0 Å². The molecule has 6 nitrogen and oxygen atoms in total. The van der Waals surface area contributed by atoms with Crippen LogP contribution in [0.5, 0.6) is 0 Å². The van der Waals surface area contributed by atoms with Crippen LogP contribution < -0.4 is 0 Å². The summed E-state index contributed by atoms with van der Waals surface area (Å²) in [4.78, 5) is 25.5. The molecule has 0 fully saturated rings. The fraction of sp³-hybridized carbons (Fsp3) is 0.571. The molecule has 1 aromatic heterocycles. The normalized spacial score (nSPS) is 10.6. The molecule has 0 atom stereocenters. The molecule has 0 saturated heterocycles. The predicted molar refractivity (Wildman–Crippen MR) is 51.4 cm³/mol. The van der Waals surface area contributed by atoms with Gasteiger partial charge in [-0.05, 0) is 6.42 Å². The number of phosphoric acid groups is 1. The summed E-state index contributed by atoms with van der Waals surface area (Å²) in [5, 5.41) is 0. The molecule has 0 amide bonds. The zero-order valence-corrected chi connectivity index (χ0v) is 8.84. The molecule has 0 bridgehead atoms. The Hall–Kier alpha value is -0.680. The average Bonchev–Trinajstić information content (AvgIpc) is 2.49. The third kappa shape index (κ3) is 11.3. The zero-order valence-electron chi connectivity index (χ0n) is 7.94. The highest BCUT2D eigenvalue weighted by molar-refractivity contribution is 7.45. The van der Waals surface area contributed by atoms with Crippen molar-refractivity contribution < 1.29 is 19.2 Å². The van der Waals surface area contributed by atoms with Crippen LogP contribution in [0.2, 0.25) is 0 Å². The molecular weight excluding hydrogens is 207 g/mol. The predicted octanol–water partition coefficient (Wildman–Crippen LogP) is 0.755. The Bertz CT molecular complexity index is 261. The highest BCUT2D eigenvalue weighted by atomic mass is 31.2. The van der Waals surface area contributed by atoms with E-state index < -0.39 is 7.82 Å². The third-order valence-electron chi connectivity index (χ3n) is 1.33. The summed E-state index contributed by atoms with van der Waals surface area (Å²) >= 11 is 0. The van der Waals surface area contributed by atoms with Gasteiger partial charge in [0, 0.05) is 18.9 Å². The number of imidazole rings is 1. The van der Waals surface area contributed by atoms with Crippen molar-refractivity contribution in [2.75, 3.05) is 0 Å². The largest absolute Gasteiger partial charge is 0.466 e. The van der Waals surface area contributed by atoms with Crippen LogP contribution in [0.15, 0.2) is 18.7 Å². The van der Waals surface area contributed by atoms with Gasteiger partial charge in [-0.2, -0.15) is 0 Å². The molecule has 0 spiro atoms. The van der Waals surface area contributed by atoms with Crippen molar-refractivity contribution in [1.29, 1.82) is 0 Å². The molecular formula is C7H15N2O4P. The van der Waals surface area contributed by atoms with Gasteiger partial charge in [-0.15, -0.1) is 0 Å². The Labute approximate surface area is 82.5 Å². The number of unbranched alkanes of at least 4 members (excludes halogenated alkanes) is 1. The molecule has 14 heavy (non-hydrogen) atoms. The maximum absolute atomic E-state index is 8.88. The molecule has 0 aliphatic rings. The van der Waals surface area contributed by atoms with E-state index in [-0.39, 0.29) is 0 Å². The summed E-state index contributed by atoms with van der Waals surface area (Å²) in [7, 11) is -4.64. The van der Waals surface area contributed by atoms with Crippen LogP contribution in [0.4, 0.5) is 0 Å². The van der Waals surface area contributed by atoms with Gasteiger partial charge in [-0.3, -0.25) is 0 Å². The fourth-order valence-corrected chi connectivity index (χ4v) is 0.760. The van der Waals surface area contributed by atoms with Crippen molar-refractivity contribution in [1.82, 2.24) is 9.55 Å². The molecule has 0 aliphatic heterocycles. The number of aromatic nitrogens is 2. The molecule has 0 aliphatic carbocycles. The lowest BCUT2D eigenvalue weighted by Crippen LogP contribution is -1.92. The van der Waals surface area contributed by atoms with Crippen LogP contribution in [0.3, 0.4) is 0 Å². The number of hydrogen-bond donors (Lipinski definition) is 3. The Morgan fingerprint density at radius 3 is 2.36 bits per heavy atom. The van der Waals surface area contributed by atoms with Gasteiger partial charge in [0.2, 0.25) is 0 Å². The number of rotatable bonds is 3. The highest BCUT2D eigenvalue weighted by Gasteiger charge is 2.00. The van der Waals surface area contributed by atoms with Crippen molar-refractivity contribution in [3.8, 4) is 0 Å². The van der Waals surface area contributed by atoms with Gasteiger partial charge >= 0.3 is 7.82 Å². The minimum Gasteiger partial charge on any atom is -0.337 e. The van der Waals surface area contributed by atoms with Crippen LogP contribution in [0.1, 0.15) is 19.8 Å². The third-order valence-corrected chi connectivity index (χ3v) is 1.33. The van der Waals surface area contributed by atoms with Gasteiger partial charge < -0.3 is 19.2 Å². The van der Waals surface area contributed by atoms with E-state index in [0.29, 0.717) is 0 Å². The lowest BCUT2D eigenvalue weighted by atomic mass is 10.3. The van der Waals surface area contributed by atoms with Gasteiger partial charge in [0.25, 0.3) is 0 Å². The van der Waals surface area contributed by atoms with E-state index in [1.165, 1.54) is 12.8 Å². The second-order valence-electron chi connectivity index (χ2n) is 2.67. The topological polar surface area (TPSA) is 95.6 Å². The Balaban J connectivity index is 0.000000292. The van der Waals surface area contributed by atoms with Crippen molar-refractivity contribution in [3.63, 3.8) is 0 Å². The molecule has 0 aromatic carbocycles. The SMILES string of the molecule is CCCCn1ccnc1.O=P(O)(O)O. The van der Waals surface area contributed by atoms with Gasteiger partial charge in [0.15, 0.2) is 0 Å². The van der Waals surface area contributed by atoms with Crippen molar-refractivity contribution in [2.24, 2.45) is 0 Å². The number of aryl methyl sites for hydroxylation is 1. The van der Waals surface area contributed by atoms with Gasteiger partial charge in [0.05, 0.1) is 6.33 Å². The van der Waals surface area contributed by atoms with E-state index in [2.05, 4.69) is 16.5 Å². The molecule has 0 radical (unpaired) electrons. The monoisotopic (exact) mass is 222 g/mol. The summed E-state index contributed by atoms with van der Waals surface area (Å²) in [6.45, 7) is 3.30. The summed E-state index contributed by atoms with van der Waals surface area (Å²) in [6, 6.07) is 0. The molecule has 1 rings (SSSR count). The van der Waals surface area contributed by atoms with Gasteiger partial charge in [-0.1, -0.05) is 13.3 Å². The maximum Gasteiger partial charge on any atom is 0.466 e. The number of nitrogens with zero attached hydrogens (tertiary/aromatic N) is 2. The summed E-state index contributed by atoms with van der Waals surface area (Å²) in [6.07, 6.45) is 8.16. The first-order valence-electron chi connectivity index (χ1n) is 4.17. The molecule has 7 heteroatoms. The van der Waals surface area contributed by atoms with Crippen LogP contribution in [0, 0.1) is 0 Å². The summed E-state index contributed by atoms with van der Waals surface area (Å²) in [5.41, 5.74) is 0. The first-order valence-corrected chi connectivity index (χ1v) is 5.74. The van der Waals surface area contributed by atoms with Crippen LogP contribution in [-0.4, -0.2) is 24.2 Å². The second-order valence-corrected chi connectivity index (χ2v) is 3.69. The van der Waals surface area contributed by atoms with E-state index in [1.54, 1.807) is 0 Å². The maximum atomic E-state index is 8.88. The average molecular weight is 222 g/mol. The standard InChI is InChI=1S/C7H12N2.H3O4P/c1-2-3-5-9-6-4-8-7-9;1-5(2,3)4/h4,6-7H,2-3,5H2,1H3;(H3,1,2,3,4). The molecule has 3 N–H and O–H groups in total. The zero-order chi connectivity index (χ0) is 11.0. The molecule has 82 valence electrons. The molecule has 0 unspecified atom stereocenters. The first kappa shape index (κ1) is 13.3. The Morgan fingerprint density at radius 1 is 1.43 bits per heavy atom. The lowest BCUT2D eigenvalue weighted by Gasteiger charge is -1.96. The highest BCUT2D eigenvalue weighted by Crippen LogP contribution is 2.25. The van der Waals surface area contributed by atoms with E-state index >= 15 is 0 Å². The molecule has 0 saturated carbocycles. The van der Waals surface area contributed by atoms with Crippen LogP contribution in [-0.2, 0) is 11.1 Å². The minimum atomic E-state index is -4.64. The Kier molecular flexibility index (Phi) is 6.40. The molecule has 1 heterocycles. The number of hydrogen-bond acceptors (Lipinski definition) is 2. The van der Waals surface area contributed by atoms with E-state index in [9.17, 15) is 0 Å². The quantitative estimate of drug-likeness (QED) is 0.656. The van der Waals surface area contributed by atoms with Crippen molar-refractivity contribution in [3.05, 3.63) is 18.7 Å². The second kappa shape index (κ2) is 6.73. The Morgan fingerprint density at radius 2 is 2.00 bits per heavy atom. The minimum absolute atomic E-state index is 1.11. The van der Waals surface area contributed by atoms with Crippen LogP contribution >= 0.6 is 7.82 Å². The van der Waals surface area contributed by atoms with E-state index in [4.69, 9.17) is 19.2 Å². The smallest absolute Gasteiger partial charge is 0.337 e. The van der Waals surface area contributed by atoms with Crippen LogP contribution in [0.25, 0.3) is 0 Å². The summed E-state index contributed by atoms with van der Waals surface area (Å²) in [5.74, 6) is 0. The first-order chi connectivity index (χ1) is 6.43. The van der Waals surface area contributed by atoms with Crippen molar-refractivity contribution >= 4 is 7.82 Å². The summed E-state index contributed by atoms with van der Waals surface area (Å²) < 4.78 is 11.0.